The highest BCUT2D eigenvalue weighted by atomic mass is 15.3. The topological polar surface area (TPSA) is 37.2 Å². The highest BCUT2D eigenvalue weighted by Crippen LogP contribution is 2.31. The lowest BCUT2D eigenvalue weighted by molar-refractivity contribution is 0.146. The molecule has 4 rings (SSSR count). The van der Waals surface area contributed by atoms with Gasteiger partial charge >= 0.3 is 0 Å². The van der Waals surface area contributed by atoms with E-state index in [1.165, 1.54) is 83.4 Å². The van der Waals surface area contributed by atoms with Crippen LogP contribution in [0, 0.1) is 0 Å². The Kier molecular flexibility index (Phi) is 4.67. The molecule has 1 aromatic rings. The molecule has 0 N–H and O–H groups in total. The maximum Gasteiger partial charge on any atom is 0.146 e. The predicted octanol–water partition coefficient (Wildman–Crippen LogP) is 2.53. The quantitative estimate of drug-likeness (QED) is 0.855. The van der Waals surface area contributed by atoms with Crippen molar-refractivity contribution in [1.29, 1.82) is 0 Å². The number of rotatable bonds is 4. The Morgan fingerprint density at radius 3 is 2.48 bits per heavy atom. The Morgan fingerprint density at radius 1 is 0.913 bits per heavy atom. The Labute approximate surface area is 140 Å². The zero-order valence-electron chi connectivity index (χ0n) is 14.6. The maximum absolute atomic E-state index is 4.60. The van der Waals surface area contributed by atoms with Crippen molar-refractivity contribution in [3.05, 3.63) is 11.6 Å². The largest absolute Gasteiger partial charge is 0.317 e. The fourth-order valence-electron chi connectivity index (χ4n) is 4.83. The summed E-state index contributed by atoms with van der Waals surface area (Å²) in [6.45, 7) is 5.91. The smallest absolute Gasteiger partial charge is 0.146 e. The van der Waals surface area contributed by atoms with Crippen LogP contribution in [0.2, 0.25) is 0 Å². The summed E-state index contributed by atoms with van der Waals surface area (Å²) in [7, 11) is 2.18. The van der Waals surface area contributed by atoms with Crippen LogP contribution in [0.5, 0.6) is 0 Å². The first-order chi connectivity index (χ1) is 11.3. The average molecular weight is 317 g/mol. The lowest BCUT2D eigenvalue weighted by atomic mass is 9.95. The van der Waals surface area contributed by atoms with Crippen molar-refractivity contribution in [3.8, 4) is 0 Å². The minimum Gasteiger partial charge on any atom is -0.317 e. The molecular formula is C18H31N5. The minimum absolute atomic E-state index is 0.578. The molecule has 0 bridgehead atoms. The van der Waals surface area contributed by atoms with Gasteiger partial charge in [0.25, 0.3) is 0 Å². The van der Waals surface area contributed by atoms with Gasteiger partial charge in [0.05, 0.1) is 6.54 Å². The first-order valence-electron chi connectivity index (χ1n) is 9.66. The molecule has 5 nitrogen and oxygen atoms in total. The molecule has 3 heterocycles. The van der Waals surface area contributed by atoms with Gasteiger partial charge in [-0.05, 0) is 58.2 Å². The molecule has 2 saturated heterocycles. The van der Waals surface area contributed by atoms with Crippen molar-refractivity contribution in [2.45, 2.75) is 69.9 Å². The summed E-state index contributed by atoms with van der Waals surface area (Å²) >= 11 is 0. The minimum atomic E-state index is 0.578. The van der Waals surface area contributed by atoms with Crippen molar-refractivity contribution < 1.29 is 0 Å². The van der Waals surface area contributed by atoms with Crippen molar-refractivity contribution >= 4 is 0 Å². The van der Waals surface area contributed by atoms with E-state index in [2.05, 4.69) is 31.6 Å². The average Bonchev–Trinajstić information content (AvgIpc) is 3.32. The Bertz CT molecular complexity index is 513. The van der Waals surface area contributed by atoms with Crippen molar-refractivity contribution in [3.63, 3.8) is 0 Å². The number of hydrogen-bond donors (Lipinski definition) is 0. The van der Waals surface area contributed by atoms with Crippen LogP contribution < -0.4 is 0 Å². The summed E-state index contributed by atoms with van der Waals surface area (Å²) in [5.41, 5.74) is 0. The SMILES string of the molecule is Cn1c(CN2CCCC2)nnc1[C@@H]1CCCN(C2CCCC2)C1. The number of piperidine rings is 1. The lowest BCUT2D eigenvalue weighted by Gasteiger charge is -2.36. The molecule has 0 spiro atoms. The van der Waals surface area contributed by atoms with E-state index in [0.29, 0.717) is 5.92 Å². The van der Waals surface area contributed by atoms with Crippen LogP contribution in [-0.2, 0) is 13.6 Å². The fraction of sp³-hybridized carbons (Fsp3) is 0.889. The van der Waals surface area contributed by atoms with E-state index >= 15 is 0 Å². The number of likely N-dealkylation sites (tertiary alicyclic amines) is 2. The van der Waals surface area contributed by atoms with Gasteiger partial charge in [-0.25, -0.2) is 0 Å². The molecule has 3 aliphatic rings. The standard InChI is InChI=1S/C18H31N5/c1-21-17(14-22-10-4-5-11-22)19-20-18(21)15-7-6-12-23(13-15)16-8-2-3-9-16/h15-16H,2-14H2,1H3/t15-/m1/s1. The molecule has 1 saturated carbocycles. The van der Waals surface area contributed by atoms with Gasteiger partial charge in [0, 0.05) is 25.6 Å². The third-order valence-corrected chi connectivity index (χ3v) is 6.22. The van der Waals surface area contributed by atoms with E-state index in [0.717, 1.165) is 18.4 Å². The van der Waals surface area contributed by atoms with E-state index in [1.807, 2.05) is 0 Å². The van der Waals surface area contributed by atoms with Gasteiger partial charge in [0.1, 0.15) is 11.6 Å². The first kappa shape index (κ1) is 15.6. The van der Waals surface area contributed by atoms with E-state index in [4.69, 9.17) is 0 Å². The molecule has 128 valence electrons. The van der Waals surface area contributed by atoms with E-state index in [1.54, 1.807) is 0 Å². The third-order valence-electron chi connectivity index (χ3n) is 6.22. The maximum atomic E-state index is 4.60. The Morgan fingerprint density at radius 2 is 1.70 bits per heavy atom. The zero-order chi connectivity index (χ0) is 15.6. The van der Waals surface area contributed by atoms with Crippen LogP contribution in [0.3, 0.4) is 0 Å². The molecule has 23 heavy (non-hydrogen) atoms. The highest BCUT2D eigenvalue weighted by Gasteiger charge is 2.31. The van der Waals surface area contributed by atoms with E-state index in [9.17, 15) is 0 Å². The van der Waals surface area contributed by atoms with Gasteiger partial charge in [-0.15, -0.1) is 10.2 Å². The number of aromatic nitrogens is 3. The van der Waals surface area contributed by atoms with Crippen molar-refractivity contribution in [1.82, 2.24) is 24.6 Å². The monoisotopic (exact) mass is 317 g/mol. The van der Waals surface area contributed by atoms with Crippen LogP contribution in [-0.4, -0.2) is 56.8 Å². The van der Waals surface area contributed by atoms with Crippen molar-refractivity contribution in [2.24, 2.45) is 7.05 Å². The molecule has 1 aromatic heterocycles. The summed E-state index contributed by atoms with van der Waals surface area (Å²) in [6, 6.07) is 0.843. The molecule has 0 unspecified atom stereocenters. The number of nitrogens with zero attached hydrogens (tertiary/aromatic N) is 5. The van der Waals surface area contributed by atoms with Gasteiger partial charge in [-0.2, -0.15) is 0 Å². The van der Waals surface area contributed by atoms with Crippen LogP contribution in [0.15, 0.2) is 0 Å². The molecule has 1 aliphatic carbocycles. The first-order valence-corrected chi connectivity index (χ1v) is 9.66. The van der Waals surface area contributed by atoms with Crippen LogP contribution in [0.25, 0.3) is 0 Å². The molecule has 2 aliphatic heterocycles. The van der Waals surface area contributed by atoms with Crippen molar-refractivity contribution in [2.75, 3.05) is 26.2 Å². The van der Waals surface area contributed by atoms with Gasteiger partial charge in [-0.1, -0.05) is 12.8 Å². The van der Waals surface area contributed by atoms with Crippen LogP contribution in [0.1, 0.15) is 68.9 Å². The molecule has 1 atom stereocenters. The van der Waals surface area contributed by atoms with Gasteiger partial charge in [-0.3, -0.25) is 9.80 Å². The van der Waals surface area contributed by atoms with Gasteiger partial charge in [0.15, 0.2) is 0 Å². The number of hydrogen-bond acceptors (Lipinski definition) is 4. The molecular weight excluding hydrogens is 286 g/mol. The molecule has 5 heteroatoms. The summed E-state index contributed by atoms with van der Waals surface area (Å²) in [5, 5.41) is 9.13. The van der Waals surface area contributed by atoms with E-state index < -0.39 is 0 Å². The summed E-state index contributed by atoms with van der Waals surface area (Å²) < 4.78 is 2.29. The fourth-order valence-corrected chi connectivity index (χ4v) is 4.83. The third kappa shape index (κ3) is 3.31. The molecule has 0 radical (unpaired) electrons. The molecule has 3 fully saturated rings. The summed E-state index contributed by atoms with van der Waals surface area (Å²) in [6.07, 6.45) is 10.9. The highest BCUT2D eigenvalue weighted by molar-refractivity contribution is 5.05. The predicted molar refractivity (Wildman–Crippen MR) is 91.3 cm³/mol. The Hall–Kier alpha value is -0.940. The Balaban J connectivity index is 1.43. The van der Waals surface area contributed by atoms with Gasteiger partial charge < -0.3 is 4.57 Å². The summed E-state index contributed by atoms with van der Waals surface area (Å²) in [5.74, 6) is 2.95. The second kappa shape index (κ2) is 6.89. The van der Waals surface area contributed by atoms with Crippen LogP contribution >= 0.6 is 0 Å². The summed E-state index contributed by atoms with van der Waals surface area (Å²) in [4.78, 5) is 5.26. The lowest BCUT2D eigenvalue weighted by Crippen LogP contribution is -2.41. The van der Waals surface area contributed by atoms with Gasteiger partial charge in [0.2, 0.25) is 0 Å². The molecule has 0 aromatic carbocycles. The second-order valence-corrected chi connectivity index (χ2v) is 7.79. The van der Waals surface area contributed by atoms with Crippen LogP contribution in [0.4, 0.5) is 0 Å². The zero-order valence-corrected chi connectivity index (χ0v) is 14.6. The molecule has 0 amide bonds. The normalized spacial score (nSPS) is 28.0. The second-order valence-electron chi connectivity index (χ2n) is 7.79. The van der Waals surface area contributed by atoms with E-state index in [-0.39, 0.29) is 0 Å².